The topological polar surface area (TPSA) is 41.6 Å². The van der Waals surface area contributed by atoms with Gasteiger partial charge in [-0.05, 0) is 55.3 Å². The summed E-state index contributed by atoms with van der Waals surface area (Å²) in [5.41, 5.74) is 2.42. The molecule has 6 heteroatoms. The van der Waals surface area contributed by atoms with Crippen LogP contribution in [0.2, 0.25) is 5.02 Å². The van der Waals surface area contributed by atoms with Crippen molar-refractivity contribution in [3.63, 3.8) is 0 Å². The first-order valence-corrected chi connectivity index (χ1v) is 9.92. The van der Waals surface area contributed by atoms with Crippen molar-refractivity contribution >= 4 is 33.4 Å². The molecule has 0 bridgehead atoms. The number of carbonyl (C=O) groups is 1. The zero-order chi connectivity index (χ0) is 18.4. The van der Waals surface area contributed by atoms with Crippen molar-refractivity contribution in [1.29, 1.82) is 0 Å². The molecule has 1 N–H and O–H groups in total. The standard InChI is InChI=1S/C20H22BrClN2O2/c21-17-7-8-19(18(22)11-17)26-14-20(25)23-12-15-5-1-2-6-16(15)13-24-9-3-4-10-24/h1-2,5-8,11H,3-4,9-10,12-14H2,(H,23,25). The van der Waals surface area contributed by atoms with Gasteiger partial charge in [-0.3, -0.25) is 9.69 Å². The van der Waals surface area contributed by atoms with Gasteiger partial charge < -0.3 is 10.1 Å². The molecular weight excluding hydrogens is 416 g/mol. The number of amides is 1. The van der Waals surface area contributed by atoms with Crippen LogP contribution in [0.25, 0.3) is 0 Å². The Morgan fingerprint density at radius 1 is 1.15 bits per heavy atom. The third-order valence-electron chi connectivity index (χ3n) is 4.44. The highest BCUT2D eigenvalue weighted by Crippen LogP contribution is 2.27. The van der Waals surface area contributed by atoms with E-state index in [1.165, 1.54) is 18.4 Å². The molecule has 26 heavy (non-hydrogen) atoms. The minimum absolute atomic E-state index is 0.0599. The van der Waals surface area contributed by atoms with Crippen molar-refractivity contribution in [3.8, 4) is 5.75 Å². The second-order valence-electron chi connectivity index (χ2n) is 6.39. The highest BCUT2D eigenvalue weighted by atomic mass is 79.9. The minimum atomic E-state index is -0.167. The van der Waals surface area contributed by atoms with Crippen LogP contribution in [-0.4, -0.2) is 30.5 Å². The van der Waals surface area contributed by atoms with E-state index in [0.717, 1.165) is 29.7 Å². The van der Waals surface area contributed by atoms with E-state index in [1.807, 2.05) is 12.1 Å². The smallest absolute Gasteiger partial charge is 0.258 e. The quantitative estimate of drug-likeness (QED) is 0.698. The van der Waals surface area contributed by atoms with Crippen molar-refractivity contribution in [1.82, 2.24) is 10.2 Å². The molecule has 2 aromatic carbocycles. The monoisotopic (exact) mass is 436 g/mol. The second kappa shape index (κ2) is 9.40. The molecule has 0 atom stereocenters. The number of rotatable bonds is 7. The summed E-state index contributed by atoms with van der Waals surface area (Å²) >= 11 is 9.44. The number of nitrogens with one attached hydrogen (secondary N) is 1. The molecule has 0 aromatic heterocycles. The van der Waals surface area contributed by atoms with Crippen molar-refractivity contribution in [2.24, 2.45) is 0 Å². The Balaban J connectivity index is 1.51. The fourth-order valence-corrected chi connectivity index (χ4v) is 3.77. The maximum Gasteiger partial charge on any atom is 0.258 e. The lowest BCUT2D eigenvalue weighted by atomic mass is 10.1. The summed E-state index contributed by atoms with van der Waals surface area (Å²) in [6.45, 7) is 3.69. The SMILES string of the molecule is O=C(COc1ccc(Br)cc1Cl)NCc1ccccc1CN1CCCC1. The van der Waals surface area contributed by atoms with Gasteiger partial charge in [0, 0.05) is 17.6 Å². The van der Waals surface area contributed by atoms with Gasteiger partial charge in [-0.15, -0.1) is 0 Å². The first-order valence-electron chi connectivity index (χ1n) is 8.75. The molecule has 0 aliphatic carbocycles. The first kappa shape index (κ1) is 19.2. The molecule has 0 radical (unpaired) electrons. The zero-order valence-electron chi connectivity index (χ0n) is 14.5. The van der Waals surface area contributed by atoms with E-state index in [4.69, 9.17) is 16.3 Å². The zero-order valence-corrected chi connectivity index (χ0v) is 16.9. The fraction of sp³-hybridized carbons (Fsp3) is 0.350. The van der Waals surface area contributed by atoms with E-state index in [0.29, 0.717) is 17.3 Å². The largest absolute Gasteiger partial charge is 0.482 e. The summed E-state index contributed by atoms with van der Waals surface area (Å²) < 4.78 is 6.38. The third kappa shape index (κ3) is 5.47. The van der Waals surface area contributed by atoms with E-state index in [9.17, 15) is 4.79 Å². The van der Waals surface area contributed by atoms with Crippen LogP contribution in [0.4, 0.5) is 0 Å². The first-order chi connectivity index (χ1) is 12.6. The Hall–Kier alpha value is -1.56. The van der Waals surface area contributed by atoms with Crippen LogP contribution in [0.15, 0.2) is 46.9 Å². The summed E-state index contributed by atoms with van der Waals surface area (Å²) in [6, 6.07) is 13.6. The lowest BCUT2D eigenvalue weighted by Crippen LogP contribution is -2.29. The number of likely N-dealkylation sites (tertiary alicyclic amines) is 1. The summed E-state index contributed by atoms with van der Waals surface area (Å²) in [5, 5.41) is 3.41. The Labute approximate surface area is 167 Å². The van der Waals surface area contributed by atoms with Crippen LogP contribution in [0.1, 0.15) is 24.0 Å². The predicted molar refractivity (Wildman–Crippen MR) is 107 cm³/mol. The average molecular weight is 438 g/mol. The van der Waals surface area contributed by atoms with Crippen LogP contribution in [0, 0.1) is 0 Å². The van der Waals surface area contributed by atoms with Crippen molar-refractivity contribution in [3.05, 3.63) is 63.1 Å². The van der Waals surface area contributed by atoms with Gasteiger partial charge in [0.1, 0.15) is 5.75 Å². The lowest BCUT2D eigenvalue weighted by Gasteiger charge is -2.17. The number of benzene rings is 2. The van der Waals surface area contributed by atoms with E-state index in [-0.39, 0.29) is 12.5 Å². The van der Waals surface area contributed by atoms with E-state index >= 15 is 0 Å². The molecule has 1 saturated heterocycles. The van der Waals surface area contributed by atoms with Crippen LogP contribution >= 0.6 is 27.5 Å². The number of hydrogen-bond acceptors (Lipinski definition) is 3. The summed E-state index contributed by atoms with van der Waals surface area (Å²) in [5.74, 6) is 0.333. The normalized spacial score (nSPS) is 14.4. The van der Waals surface area contributed by atoms with Crippen LogP contribution < -0.4 is 10.1 Å². The molecule has 0 saturated carbocycles. The molecular formula is C20H22BrClN2O2. The number of halogens is 2. The molecule has 2 aromatic rings. The summed E-state index contributed by atoms with van der Waals surface area (Å²) in [6.07, 6.45) is 2.55. The van der Waals surface area contributed by atoms with Gasteiger partial charge in [0.05, 0.1) is 5.02 Å². The molecule has 138 valence electrons. The van der Waals surface area contributed by atoms with Crippen molar-refractivity contribution < 1.29 is 9.53 Å². The van der Waals surface area contributed by atoms with Crippen molar-refractivity contribution in [2.45, 2.75) is 25.9 Å². The Bertz CT molecular complexity index is 763. The maximum absolute atomic E-state index is 12.1. The second-order valence-corrected chi connectivity index (χ2v) is 7.71. The molecule has 1 fully saturated rings. The number of nitrogens with zero attached hydrogens (tertiary/aromatic N) is 1. The number of hydrogen-bond donors (Lipinski definition) is 1. The third-order valence-corrected chi connectivity index (χ3v) is 5.23. The van der Waals surface area contributed by atoms with Gasteiger partial charge in [-0.2, -0.15) is 0 Å². The number of ether oxygens (including phenoxy) is 1. The van der Waals surface area contributed by atoms with Crippen LogP contribution in [0.5, 0.6) is 5.75 Å². The van der Waals surface area contributed by atoms with Gasteiger partial charge in [0.25, 0.3) is 5.91 Å². The Morgan fingerprint density at radius 2 is 1.88 bits per heavy atom. The minimum Gasteiger partial charge on any atom is -0.482 e. The van der Waals surface area contributed by atoms with Crippen LogP contribution in [-0.2, 0) is 17.9 Å². The van der Waals surface area contributed by atoms with Gasteiger partial charge in [0.15, 0.2) is 6.61 Å². The summed E-state index contributed by atoms with van der Waals surface area (Å²) in [7, 11) is 0. The van der Waals surface area contributed by atoms with Gasteiger partial charge >= 0.3 is 0 Å². The Kier molecular flexibility index (Phi) is 6.94. The molecule has 3 rings (SSSR count). The van der Waals surface area contributed by atoms with Gasteiger partial charge in [0.2, 0.25) is 0 Å². The maximum atomic E-state index is 12.1. The van der Waals surface area contributed by atoms with E-state index < -0.39 is 0 Å². The van der Waals surface area contributed by atoms with Crippen molar-refractivity contribution in [2.75, 3.05) is 19.7 Å². The van der Waals surface area contributed by atoms with Gasteiger partial charge in [-0.25, -0.2) is 0 Å². The van der Waals surface area contributed by atoms with Crippen LogP contribution in [0.3, 0.4) is 0 Å². The molecule has 0 unspecified atom stereocenters. The summed E-state index contributed by atoms with van der Waals surface area (Å²) in [4.78, 5) is 14.6. The lowest BCUT2D eigenvalue weighted by molar-refractivity contribution is -0.123. The predicted octanol–water partition coefficient (Wildman–Crippen LogP) is 4.39. The highest BCUT2D eigenvalue weighted by Gasteiger charge is 2.14. The molecule has 1 aliphatic heterocycles. The molecule has 4 nitrogen and oxygen atoms in total. The molecule has 1 amide bonds. The number of carbonyl (C=O) groups excluding carboxylic acids is 1. The fourth-order valence-electron chi connectivity index (χ4n) is 3.05. The molecule has 1 aliphatic rings. The Morgan fingerprint density at radius 3 is 2.62 bits per heavy atom. The molecule has 0 spiro atoms. The van der Waals surface area contributed by atoms with E-state index in [2.05, 4.69) is 44.3 Å². The molecule has 1 heterocycles. The highest BCUT2D eigenvalue weighted by molar-refractivity contribution is 9.10. The van der Waals surface area contributed by atoms with Gasteiger partial charge in [-0.1, -0.05) is 51.8 Å². The average Bonchev–Trinajstić information content (AvgIpc) is 3.13. The van der Waals surface area contributed by atoms with E-state index in [1.54, 1.807) is 12.1 Å².